The second-order valence-electron chi connectivity index (χ2n) is 4.01. The molecule has 0 heterocycles. The zero-order valence-corrected chi connectivity index (χ0v) is 9.39. The lowest BCUT2D eigenvalue weighted by Crippen LogP contribution is -2.26. The number of hydrogen-bond acceptors (Lipinski definition) is 2. The molecule has 2 heteroatoms. The fourth-order valence-electron chi connectivity index (χ4n) is 1.32. The van der Waals surface area contributed by atoms with E-state index in [2.05, 4.69) is 26.1 Å². The number of carbonyl (C=O) groups is 1. The first-order valence-electron chi connectivity index (χ1n) is 5.34. The highest BCUT2D eigenvalue weighted by molar-refractivity contribution is 5.80. The van der Waals surface area contributed by atoms with Crippen molar-refractivity contribution in [2.75, 3.05) is 6.54 Å². The standard InChI is InChI=1S/C11H23NO/c1-5-6-10(4)11(13)7-8-12-9(2)3/h9-10,12H,5-8H2,1-4H3. The van der Waals surface area contributed by atoms with E-state index >= 15 is 0 Å². The minimum atomic E-state index is 0.249. The summed E-state index contributed by atoms with van der Waals surface area (Å²) in [7, 11) is 0. The van der Waals surface area contributed by atoms with Crippen molar-refractivity contribution >= 4 is 5.78 Å². The van der Waals surface area contributed by atoms with E-state index < -0.39 is 0 Å². The Balaban J connectivity index is 3.50. The molecule has 2 nitrogen and oxygen atoms in total. The van der Waals surface area contributed by atoms with Crippen molar-refractivity contribution in [1.29, 1.82) is 0 Å². The summed E-state index contributed by atoms with van der Waals surface area (Å²) >= 11 is 0. The van der Waals surface area contributed by atoms with Crippen molar-refractivity contribution in [1.82, 2.24) is 5.32 Å². The van der Waals surface area contributed by atoms with Crippen molar-refractivity contribution in [3.05, 3.63) is 0 Å². The van der Waals surface area contributed by atoms with Crippen molar-refractivity contribution in [2.45, 2.75) is 53.0 Å². The maximum absolute atomic E-state index is 11.5. The topological polar surface area (TPSA) is 29.1 Å². The normalized spacial score (nSPS) is 13.3. The van der Waals surface area contributed by atoms with E-state index in [1.165, 1.54) is 0 Å². The summed E-state index contributed by atoms with van der Waals surface area (Å²) in [5, 5.41) is 3.25. The average molecular weight is 185 g/mol. The second kappa shape index (κ2) is 7.07. The number of hydrogen-bond donors (Lipinski definition) is 1. The Labute approximate surface area is 82.1 Å². The average Bonchev–Trinajstić information content (AvgIpc) is 2.04. The summed E-state index contributed by atoms with van der Waals surface area (Å²) in [6.45, 7) is 9.17. The number of Topliss-reactive ketones (excluding diaryl/α,β-unsaturated/α-hetero) is 1. The SMILES string of the molecule is CCCC(C)C(=O)CCNC(C)C. The lowest BCUT2D eigenvalue weighted by atomic mass is 9.99. The molecule has 0 rings (SSSR count). The summed E-state index contributed by atoms with van der Waals surface area (Å²) in [6.07, 6.45) is 2.81. The van der Waals surface area contributed by atoms with E-state index in [9.17, 15) is 4.79 Å². The van der Waals surface area contributed by atoms with Gasteiger partial charge in [-0.25, -0.2) is 0 Å². The number of rotatable bonds is 7. The van der Waals surface area contributed by atoms with Crippen LogP contribution in [0.5, 0.6) is 0 Å². The molecular weight excluding hydrogens is 162 g/mol. The summed E-state index contributed by atoms with van der Waals surface area (Å²) in [6, 6.07) is 0.481. The molecule has 0 aromatic carbocycles. The monoisotopic (exact) mass is 185 g/mol. The molecule has 1 atom stereocenters. The van der Waals surface area contributed by atoms with Crippen LogP contribution in [0, 0.1) is 5.92 Å². The smallest absolute Gasteiger partial charge is 0.136 e. The largest absolute Gasteiger partial charge is 0.314 e. The zero-order valence-electron chi connectivity index (χ0n) is 9.39. The Bertz CT molecular complexity index is 143. The van der Waals surface area contributed by atoms with E-state index in [1.807, 2.05) is 6.92 Å². The van der Waals surface area contributed by atoms with E-state index in [0.717, 1.165) is 19.4 Å². The van der Waals surface area contributed by atoms with Gasteiger partial charge in [0.15, 0.2) is 0 Å². The third kappa shape index (κ3) is 6.76. The van der Waals surface area contributed by atoms with Crippen LogP contribution in [0.15, 0.2) is 0 Å². The molecule has 0 saturated heterocycles. The van der Waals surface area contributed by atoms with Gasteiger partial charge in [-0.2, -0.15) is 0 Å². The van der Waals surface area contributed by atoms with Gasteiger partial charge in [0.25, 0.3) is 0 Å². The van der Waals surface area contributed by atoms with Crippen LogP contribution in [0.3, 0.4) is 0 Å². The van der Waals surface area contributed by atoms with Crippen LogP contribution in [-0.4, -0.2) is 18.4 Å². The van der Waals surface area contributed by atoms with Gasteiger partial charge in [0, 0.05) is 24.9 Å². The fraction of sp³-hybridized carbons (Fsp3) is 0.909. The summed E-state index contributed by atoms with van der Waals surface area (Å²) in [5.41, 5.74) is 0. The van der Waals surface area contributed by atoms with Gasteiger partial charge in [-0.3, -0.25) is 4.79 Å². The minimum Gasteiger partial charge on any atom is -0.314 e. The molecule has 0 fully saturated rings. The van der Waals surface area contributed by atoms with Gasteiger partial charge in [-0.15, -0.1) is 0 Å². The van der Waals surface area contributed by atoms with Crippen molar-refractivity contribution in [2.24, 2.45) is 5.92 Å². The molecule has 13 heavy (non-hydrogen) atoms. The molecule has 0 aromatic rings. The molecule has 1 N–H and O–H groups in total. The molecule has 1 unspecified atom stereocenters. The highest BCUT2D eigenvalue weighted by Gasteiger charge is 2.10. The van der Waals surface area contributed by atoms with Gasteiger partial charge in [0.05, 0.1) is 0 Å². The first-order valence-corrected chi connectivity index (χ1v) is 5.34. The van der Waals surface area contributed by atoms with Gasteiger partial charge in [-0.1, -0.05) is 34.1 Å². The van der Waals surface area contributed by atoms with Crippen LogP contribution in [0.25, 0.3) is 0 Å². The van der Waals surface area contributed by atoms with Crippen molar-refractivity contribution in [3.63, 3.8) is 0 Å². The molecule has 0 aliphatic carbocycles. The Kier molecular flexibility index (Phi) is 6.87. The highest BCUT2D eigenvalue weighted by atomic mass is 16.1. The van der Waals surface area contributed by atoms with Gasteiger partial charge < -0.3 is 5.32 Å². The Morgan fingerprint density at radius 3 is 2.38 bits per heavy atom. The lowest BCUT2D eigenvalue weighted by molar-refractivity contribution is -0.122. The molecule has 0 saturated carbocycles. The molecule has 78 valence electrons. The number of ketones is 1. The predicted octanol–water partition coefficient (Wildman–Crippen LogP) is 2.38. The van der Waals surface area contributed by atoms with E-state index in [4.69, 9.17) is 0 Å². The molecule has 0 aliphatic heterocycles. The molecule has 0 radical (unpaired) electrons. The van der Waals surface area contributed by atoms with Gasteiger partial charge >= 0.3 is 0 Å². The maximum atomic E-state index is 11.5. The molecule has 0 bridgehead atoms. The Hall–Kier alpha value is -0.370. The molecule has 0 amide bonds. The first kappa shape index (κ1) is 12.6. The molecule has 0 spiro atoms. The molecular formula is C11H23NO. The van der Waals surface area contributed by atoms with Crippen molar-refractivity contribution < 1.29 is 4.79 Å². The Morgan fingerprint density at radius 1 is 1.31 bits per heavy atom. The van der Waals surface area contributed by atoms with Gasteiger partial charge in [0.1, 0.15) is 5.78 Å². The summed E-state index contributed by atoms with van der Waals surface area (Å²) in [4.78, 5) is 11.5. The van der Waals surface area contributed by atoms with E-state index in [0.29, 0.717) is 18.2 Å². The highest BCUT2D eigenvalue weighted by Crippen LogP contribution is 2.07. The molecule has 0 aromatic heterocycles. The summed E-state index contributed by atoms with van der Waals surface area (Å²) < 4.78 is 0. The molecule has 0 aliphatic rings. The zero-order chi connectivity index (χ0) is 10.3. The van der Waals surface area contributed by atoms with Crippen LogP contribution in [0.4, 0.5) is 0 Å². The quantitative estimate of drug-likeness (QED) is 0.660. The van der Waals surface area contributed by atoms with Crippen molar-refractivity contribution in [3.8, 4) is 0 Å². The van der Waals surface area contributed by atoms with Crippen LogP contribution in [0.2, 0.25) is 0 Å². The van der Waals surface area contributed by atoms with E-state index in [-0.39, 0.29) is 5.92 Å². The predicted molar refractivity (Wildman–Crippen MR) is 56.8 cm³/mol. The Morgan fingerprint density at radius 2 is 1.92 bits per heavy atom. The van der Waals surface area contributed by atoms with E-state index in [1.54, 1.807) is 0 Å². The lowest BCUT2D eigenvalue weighted by Gasteiger charge is -2.10. The van der Waals surface area contributed by atoms with Crippen LogP contribution < -0.4 is 5.32 Å². The van der Waals surface area contributed by atoms with Crippen LogP contribution >= 0.6 is 0 Å². The van der Waals surface area contributed by atoms with Crippen LogP contribution in [-0.2, 0) is 4.79 Å². The number of nitrogens with one attached hydrogen (secondary N) is 1. The number of carbonyl (C=O) groups excluding carboxylic acids is 1. The third-order valence-electron chi connectivity index (χ3n) is 2.20. The summed E-state index contributed by atoms with van der Waals surface area (Å²) in [5.74, 6) is 0.647. The minimum absolute atomic E-state index is 0.249. The first-order chi connectivity index (χ1) is 6.07. The fourth-order valence-corrected chi connectivity index (χ4v) is 1.32. The second-order valence-corrected chi connectivity index (χ2v) is 4.01. The van der Waals surface area contributed by atoms with Crippen LogP contribution in [0.1, 0.15) is 47.0 Å². The van der Waals surface area contributed by atoms with Gasteiger partial charge in [0.2, 0.25) is 0 Å². The van der Waals surface area contributed by atoms with Gasteiger partial charge in [-0.05, 0) is 6.42 Å². The maximum Gasteiger partial charge on any atom is 0.136 e. The third-order valence-corrected chi connectivity index (χ3v) is 2.20.